The topological polar surface area (TPSA) is 0 Å². The summed E-state index contributed by atoms with van der Waals surface area (Å²) >= 11 is 14.2. The van der Waals surface area contributed by atoms with Gasteiger partial charge in [-0.25, -0.2) is 0 Å². The second-order valence-corrected chi connectivity index (χ2v) is 17.2. The number of hydrogen-bond acceptors (Lipinski definition) is 3. The maximum Gasteiger partial charge on any atom is 0.0463 e. The molecule has 1 aromatic carbocycles. The van der Waals surface area contributed by atoms with Gasteiger partial charge in [-0.3, -0.25) is 0 Å². The molecule has 0 unspecified atom stereocenters. The van der Waals surface area contributed by atoms with Gasteiger partial charge in [0.2, 0.25) is 0 Å². The van der Waals surface area contributed by atoms with Crippen LogP contribution in [0, 0.1) is 34.6 Å². The van der Waals surface area contributed by atoms with Crippen LogP contribution < -0.4 is 0 Å². The second-order valence-electron chi connectivity index (χ2n) is 7.80. The van der Waals surface area contributed by atoms with Crippen LogP contribution in [0.4, 0.5) is 0 Å². The van der Waals surface area contributed by atoms with Gasteiger partial charge < -0.3 is 37.9 Å². The molecule has 174 valence electrons. The first-order valence-corrected chi connectivity index (χ1v) is 19.2. The van der Waals surface area contributed by atoms with E-state index >= 15 is 0 Å². The van der Waals surface area contributed by atoms with Crippen molar-refractivity contribution >= 4 is 61.7 Å². The van der Waals surface area contributed by atoms with Gasteiger partial charge in [0.25, 0.3) is 0 Å². The smallest absolute Gasteiger partial charge is 0.0463 e. The molecule has 0 saturated heterocycles. The van der Waals surface area contributed by atoms with Crippen molar-refractivity contribution in [3.8, 4) is 0 Å². The fourth-order valence-electron chi connectivity index (χ4n) is 1.98. The van der Waals surface area contributed by atoms with E-state index in [2.05, 4.69) is 74.6 Å². The zero-order valence-corrected chi connectivity index (χ0v) is 27.7. The van der Waals surface area contributed by atoms with Gasteiger partial charge >= 0.3 is 0 Å². The number of rotatable bonds is 6. The molecule has 0 aliphatic rings. The molecular weight excluding hydrogens is 501 g/mol. The van der Waals surface area contributed by atoms with Crippen LogP contribution in [-0.2, 0) is 59.6 Å². The molecule has 0 bridgehead atoms. The zero-order chi connectivity index (χ0) is 22.9. The maximum absolute atomic E-state index is 4.75. The summed E-state index contributed by atoms with van der Waals surface area (Å²) < 4.78 is 0. The summed E-state index contributed by atoms with van der Waals surface area (Å²) in [5.41, 5.74) is 7.34. The summed E-state index contributed by atoms with van der Waals surface area (Å²) in [6.45, 7) is 24.6. The van der Waals surface area contributed by atoms with Crippen molar-refractivity contribution < 1.29 is 21.7 Å². The molecule has 0 spiro atoms. The van der Waals surface area contributed by atoms with Gasteiger partial charge in [-0.05, 0) is 34.6 Å². The molecule has 0 N–H and O–H groups in total. The minimum absolute atomic E-state index is 0. The Balaban J connectivity index is -0.000000147. The predicted molar refractivity (Wildman–Crippen MR) is 155 cm³/mol. The average molecular weight is 548 g/mol. The SMILES string of the molecule is CP(C)CC[S-].CP(C)CC[S-].C[PH+](C)CC[S-].Cc1c(C)c(C)[c-](C)c1C.[Ti]. The minimum Gasteiger partial charge on any atom is -0.792 e. The van der Waals surface area contributed by atoms with Gasteiger partial charge in [0.05, 0.1) is 0 Å². The molecule has 0 saturated carbocycles. The summed E-state index contributed by atoms with van der Waals surface area (Å²) in [5.74, 6) is 2.85. The van der Waals surface area contributed by atoms with Gasteiger partial charge in [-0.1, -0.05) is 46.9 Å². The first-order valence-electron chi connectivity index (χ1n) is 9.89. The Kier molecular flexibility index (Phi) is 33.4. The van der Waals surface area contributed by atoms with Gasteiger partial charge in [-0.15, -0.1) is 21.6 Å². The van der Waals surface area contributed by atoms with Crippen molar-refractivity contribution in [1.29, 1.82) is 0 Å². The van der Waals surface area contributed by atoms with Crippen LogP contribution in [0.1, 0.15) is 27.8 Å². The van der Waals surface area contributed by atoms with E-state index in [0.717, 1.165) is 17.3 Å². The summed E-state index contributed by atoms with van der Waals surface area (Å²) in [6.07, 6.45) is 3.80. The van der Waals surface area contributed by atoms with E-state index in [0.29, 0.717) is 15.8 Å². The van der Waals surface area contributed by atoms with Crippen molar-refractivity contribution in [2.45, 2.75) is 34.6 Å². The minimum atomic E-state index is 0. The van der Waals surface area contributed by atoms with Crippen LogP contribution in [0.15, 0.2) is 0 Å². The molecule has 0 nitrogen and oxygen atoms in total. The van der Waals surface area contributed by atoms with Crippen molar-refractivity contribution in [2.24, 2.45) is 0 Å². The van der Waals surface area contributed by atoms with E-state index in [1.807, 2.05) is 0 Å². The van der Waals surface area contributed by atoms with Crippen LogP contribution in [-0.4, -0.2) is 75.7 Å². The Bertz CT molecular complexity index is 372. The molecule has 1 aromatic rings. The largest absolute Gasteiger partial charge is 0.792 e. The molecule has 0 atom stereocenters. The maximum atomic E-state index is 4.75. The molecule has 0 amide bonds. The molecule has 0 aliphatic heterocycles. The molecule has 1 rings (SSSR count). The van der Waals surface area contributed by atoms with Crippen molar-refractivity contribution in [2.75, 3.05) is 75.7 Å². The summed E-state index contributed by atoms with van der Waals surface area (Å²) in [6, 6.07) is 0. The van der Waals surface area contributed by atoms with E-state index in [-0.39, 0.29) is 29.6 Å². The van der Waals surface area contributed by atoms with Crippen molar-refractivity contribution in [1.82, 2.24) is 0 Å². The van der Waals surface area contributed by atoms with Crippen molar-refractivity contribution in [3.05, 3.63) is 27.8 Å². The number of hydrogen-bond donors (Lipinski definition) is 0. The standard InChI is InChI=1S/C10H15.3C4H11PS.Ti/c1-6-7(2)9(4)10(5)8(6)3;3*1-5(2)3-4-6;/h1-5H3;3*6H,3-4H2,1-2H3;/q-1;;;;/p-2. The second kappa shape index (κ2) is 25.0. The molecule has 0 fully saturated rings. The molecule has 0 radical (unpaired) electrons. The fraction of sp³-hybridized carbons (Fsp3) is 0.773. The van der Waals surface area contributed by atoms with Gasteiger partial charge in [0, 0.05) is 41.2 Å². The molecule has 7 heteroatoms. The van der Waals surface area contributed by atoms with E-state index in [9.17, 15) is 0 Å². The predicted octanol–water partition coefficient (Wildman–Crippen LogP) is 6.50. The molecule has 0 aromatic heterocycles. The van der Waals surface area contributed by atoms with E-state index in [4.69, 9.17) is 37.9 Å². The van der Waals surface area contributed by atoms with Gasteiger partial charge in [0.1, 0.15) is 0 Å². The Morgan fingerprint density at radius 2 is 1.03 bits per heavy atom. The van der Waals surface area contributed by atoms with Gasteiger partial charge in [0.15, 0.2) is 0 Å². The van der Waals surface area contributed by atoms with Crippen LogP contribution in [0.3, 0.4) is 0 Å². The van der Waals surface area contributed by atoms with Crippen LogP contribution in [0.5, 0.6) is 0 Å². The van der Waals surface area contributed by atoms with E-state index in [1.165, 1.54) is 46.3 Å². The first kappa shape index (κ1) is 38.7. The molecule has 29 heavy (non-hydrogen) atoms. The van der Waals surface area contributed by atoms with Crippen LogP contribution in [0.2, 0.25) is 0 Å². The Morgan fingerprint density at radius 1 is 0.724 bits per heavy atom. The monoisotopic (exact) mass is 547 g/mol. The first-order chi connectivity index (χ1) is 12.9. The molecule has 0 aliphatic carbocycles. The van der Waals surface area contributed by atoms with Crippen LogP contribution >= 0.6 is 23.8 Å². The van der Waals surface area contributed by atoms with E-state index in [1.54, 1.807) is 0 Å². The zero-order valence-electron chi connectivity index (χ0n) is 20.9. The Hall–Kier alpha value is 2.40. The van der Waals surface area contributed by atoms with Crippen LogP contribution in [0.25, 0.3) is 0 Å². The fourth-order valence-corrected chi connectivity index (χ4v) is 6.53. The Morgan fingerprint density at radius 3 is 1.07 bits per heavy atom. The molecule has 0 heterocycles. The summed E-state index contributed by atoms with van der Waals surface area (Å²) in [5, 5.41) is 0. The normalized spacial score (nSPS) is 9.83. The molecular formula is C22H46P3S3Ti-3. The quantitative estimate of drug-likeness (QED) is 0.173. The van der Waals surface area contributed by atoms with Gasteiger partial charge in [-0.2, -0.15) is 39.3 Å². The average Bonchev–Trinajstić information content (AvgIpc) is 2.74. The summed E-state index contributed by atoms with van der Waals surface area (Å²) in [7, 11) is 0.601. The third kappa shape index (κ3) is 24.9. The third-order valence-electron chi connectivity index (χ3n) is 4.49. The summed E-state index contributed by atoms with van der Waals surface area (Å²) in [4.78, 5) is 0. The van der Waals surface area contributed by atoms with E-state index < -0.39 is 0 Å². The Labute approximate surface area is 220 Å². The third-order valence-corrected chi connectivity index (χ3v) is 9.56. The van der Waals surface area contributed by atoms with Crippen molar-refractivity contribution in [3.63, 3.8) is 0 Å².